The Morgan fingerprint density at radius 3 is 2.63 bits per heavy atom. The topological polar surface area (TPSA) is 38.3 Å². The van der Waals surface area contributed by atoms with E-state index in [2.05, 4.69) is 5.32 Å². The normalized spacial score (nSPS) is 23.5. The molecule has 0 aliphatic heterocycles. The average molecular weight is 265 g/mol. The molecule has 4 heteroatoms. The molecule has 3 nitrogen and oxygen atoms in total. The fourth-order valence-electron chi connectivity index (χ4n) is 2.45. The Morgan fingerprint density at radius 1 is 1.42 bits per heavy atom. The lowest BCUT2D eigenvalue weighted by atomic mass is 9.75. The minimum Gasteiger partial charge on any atom is -0.465 e. The SMILES string of the molecule is CCOC(=O)C(C)NC1CC(c2ccc(F)cc2)C1. The highest BCUT2D eigenvalue weighted by molar-refractivity contribution is 5.75. The van der Waals surface area contributed by atoms with Crippen LogP contribution in [-0.4, -0.2) is 24.7 Å². The van der Waals surface area contributed by atoms with Gasteiger partial charge in [-0.05, 0) is 50.3 Å². The molecule has 1 aromatic rings. The van der Waals surface area contributed by atoms with E-state index in [9.17, 15) is 9.18 Å². The monoisotopic (exact) mass is 265 g/mol. The Morgan fingerprint density at radius 2 is 2.05 bits per heavy atom. The van der Waals surface area contributed by atoms with E-state index in [1.165, 1.54) is 17.7 Å². The van der Waals surface area contributed by atoms with Gasteiger partial charge in [0.05, 0.1) is 6.61 Å². The molecular weight excluding hydrogens is 245 g/mol. The third kappa shape index (κ3) is 3.53. The summed E-state index contributed by atoms with van der Waals surface area (Å²) in [6, 6.07) is 6.75. The predicted molar refractivity (Wildman–Crippen MR) is 71.4 cm³/mol. The molecule has 0 saturated heterocycles. The maximum Gasteiger partial charge on any atom is 0.322 e. The summed E-state index contributed by atoms with van der Waals surface area (Å²) >= 11 is 0. The highest BCUT2D eigenvalue weighted by Crippen LogP contribution is 2.37. The number of benzene rings is 1. The summed E-state index contributed by atoms with van der Waals surface area (Å²) in [5.74, 6) is 0.0638. The van der Waals surface area contributed by atoms with Crippen LogP contribution in [0.1, 0.15) is 38.2 Å². The third-order valence-corrected chi connectivity index (χ3v) is 3.61. The molecule has 0 radical (unpaired) electrons. The summed E-state index contributed by atoms with van der Waals surface area (Å²) in [6.45, 7) is 4.04. The van der Waals surface area contributed by atoms with Crippen molar-refractivity contribution in [1.82, 2.24) is 5.32 Å². The van der Waals surface area contributed by atoms with Crippen molar-refractivity contribution < 1.29 is 13.9 Å². The quantitative estimate of drug-likeness (QED) is 0.832. The first-order valence-corrected chi connectivity index (χ1v) is 6.78. The number of hydrogen-bond donors (Lipinski definition) is 1. The fraction of sp³-hybridized carbons (Fsp3) is 0.533. The van der Waals surface area contributed by atoms with Gasteiger partial charge in [0.25, 0.3) is 0 Å². The first-order chi connectivity index (χ1) is 9.10. The van der Waals surface area contributed by atoms with Crippen LogP contribution in [0, 0.1) is 5.82 Å². The van der Waals surface area contributed by atoms with Gasteiger partial charge in [-0.2, -0.15) is 0 Å². The van der Waals surface area contributed by atoms with Crippen LogP contribution in [0.2, 0.25) is 0 Å². The zero-order chi connectivity index (χ0) is 13.8. The van der Waals surface area contributed by atoms with Gasteiger partial charge in [-0.15, -0.1) is 0 Å². The van der Waals surface area contributed by atoms with E-state index < -0.39 is 0 Å². The second-order valence-corrected chi connectivity index (χ2v) is 5.06. The van der Waals surface area contributed by atoms with Crippen molar-refractivity contribution in [2.45, 2.75) is 44.7 Å². The van der Waals surface area contributed by atoms with Crippen LogP contribution in [-0.2, 0) is 9.53 Å². The molecule has 1 aliphatic rings. The van der Waals surface area contributed by atoms with Gasteiger partial charge in [-0.3, -0.25) is 4.79 Å². The molecule has 0 aromatic heterocycles. The molecule has 1 N–H and O–H groups in total. The predicted octanol–water partition coefficient (Wildman–Crippen LogP) is 2.61. The summed E-state index contributed by atoms with van der Waals surface area (Å²) in [6.07, 6.45) is 1.96. The van der Waals surface area contributed by atoms with Crippen LogP contribution < -0.4 is 5.32 Å². The lowest BCUT2D eigenvalue weighted by Gasteiger charge is -2.37. The number of ether oxygens (including phenoxy) is 1. The van der Waals surface area contributed by atoms with Crippen molar-refractivity contribution in [2.24, 2.45) is 0 Å². The van der Waals surface area contributed by atoms with Gasteiger partial charge in [0.2, 0.25) is 0 Å². The van der Waals surface area contributed by atoms with Crippen molar-refractivity contribution >= 4 is 5.97 Å². The van der Waals surface area contributed by atoms with Crippen LogP contribution in [0.15, 0.2) is 24.3 Å². The average Bonchev–Trinajstić information content (AvgIpc) is 2.35. The lowest BCUT2D eigenvalue weighted by molar-refractivity contribution is -0.145. The minimum absolute atomic E-state index is 0.200. The maximum absolute atomic E-state index is 12.8. The molecule has 1 atom stereocenters. The molecule has 1 fully saturated rings. The van der Waals surface area contributed by atoms with Crippen LogP contribution >= 0.6 is 0 Å². The molecule has 0 amide bonds. The molecule has 0 bridgehead atoms. The van der Waals surface area contributed by atoms with Gasteiger partial charge in [-0.25, -0.2) is 4.39 Å². The van der Waals surface area contributed by atoms with E-state index in [-0.39, 0.29) is 17.8 Å². The minimum atomic E-state index is -0.265. The van der Waals surface area contributed by atoms with Gasteiger partial charge >= 0.3 is 5.97 Å². The van der Waals surface area contributed by atoms with Crippen molar-refractivity contribution in [2.75, 3.05) is 6.61 Å². The van der Waals surface area contributed by atoms with Crippen LogP contribution in [0.3, 0.4) is 0 Å². The lowest BCUT2D eigenvalue weighted by Crippen LogP contribution is -2.47. The zero-order valence-electron chi connectivity index (χ0n) is 11.4. The number of rotatable bonds is 5. The summed E-state index contributed by atoms with van der Waals surface area (Å²) in [4.78, 5) is 11.5. The summed E-state index contributed by atoms with van der Waals surface area (Å²) in [5.41, 5.74) is 1.17. The summed E-state index contributed by atoms with van der Waals surface area (Å²) in [7, 11) is 0. The molecule has 0 heterocycles. The molecule has 0 spiro atoms. The molecule has 19 heavy (non-hydrogen) atoms. The highest BCUT2D eigenvalue weighted by Gasteiger charge is 2.32. The number of esters is 1. The van der Waals surface area contributed by atoms with E-state index in [0.717, 1.165) is 12.8 Å². The summed E-state index contributed by atoms with van der Waals surface area (Å²) < 4.78 is 17.8. The van der Waals surface area contributed by atoms with Crippen LogP contribution in [0.25, 0.3) is 0 Å². The Bertz CT molecular complexity index is 426. The van der Waals surface area contributed by atoms with E-state index in [0.29, 0.717) is 18.6 Å². The highest BCUT2D eigenvalue weighted by atomic mass is 19.1. The smallest absolute Gasteiger partial charge is 0.322 e. The third-order valence-electron chi connectivity index (χ3n) is 3.61. The number of carbonyl (C=O) groups excluding carboxylic acids is 1. The number of nitrogens with one attached hydrogen (secondary N) is 1. The Balaban J connectivity index is 1.77. The van der Waals surface area contributed by atoms with Crippen molar-refractivity contribution in [3.8, 4) is 0 Å². The largest absolute Gasteiger partial charge is 0.465 e. The Hall–Kier alpha value is -1.42. The molecule has 1 saturated carbocycles. The number of carbonyl (C=O) groups is 1. The van der Waals surface area contributed by atoms with Gasteiger partial charge in [0, 0.05) is 6.04 Å². The van der Waals surface area contributed by atoms with E-state index in [4.69, 9.17) is 4.74 Å². The van der Waals surface area contributed by atoms with E-state index >= 15 is 0 Å². The van der Waals surface area contributed by atoms with Crippen molar-refractivity contribution in [3.05, 3.63) is 35.6 Å². The molecular formula is C15H20FNO2. The molecule has 1 aromatic carbocycles. The van der Waals surface area contributed by atoms with Crippen LogP contribution in [0.4, 0.5) is 4.39 Å². The first-order valence-electron chi connectivity index (χ1n) is 6.78. The molecule has 1 unspecified atom stereocenters. The fourth-order valence-corrected chi connectivity index (χ4v) is 2.45. The van der Waals surface area contributed by atoms with Gasteiger partial charge in [0.1, 0.15) is 11.9 Å². The molecule has 2 rings (SSSR count). The first kappa shape index (κ1) is 14.0. The van der Waals surface area contributed by atoms with Gasteiger partial charge in [-0.1, -0.05) is 12.1 Å². The Kier molecular flexibility index (Phi) is 4.53. The zero-order valence-corrected chi connectivity index (χ0v) is 11.4. The molecule has 104 valence electrons. The van der Waals surface area contributed by atoms with Gasteiger partial charge < -0.3 is 10.1 Å². The summed E-state index contributed by atoms with van der Waals surface area (Å²) in [5, 5.41) is 3.26. The number of hydrogen-bond acceptors (Lipinski definition) is 3. The second kappa shape index (κ2) is 6.15. The standard InChI is InChI=1S/C15H20FNO2/c1-3-19-15(18)10(2)17-14-8-12(9-14)11-4-6-13(16)7-5-11/h4-7,10,12,14,17H,3,8-9H2,1-2H3. The van der Waals surface area contributed by atoms with Crippen molar-refractivity contribution in [1.29, 1.82) is 0 Å². The van der Waals surface area contributed by atoms with Crippen molar-refractivity contribution in [3.63, 3.8) is 0 Å². The Labute approximate surface area is 113 Å². The second-order valence-electron chi connectivity index (χ2n) is 5.06. The van der Waals surface area contributed by atoms with Gasteiger partial charge in [0.15, 0.2) is 0 Å². The van der Waals surface area contributed by atoms with E-state index in [1.54, 1.807) is 6.92 Å². The van der Waals surface area contributed by atoms with Crippen LogP contribution in [0.5, 0.6) is 0 Å². The maximum atomic E-state index is 12.8. The number of halogens is 1. The molecule has 1 aliphatic carbocycles. The van der Waals surface area contributed by atoms with E-state index in [1.807, 2.05) is 19.1 Å².